The minimum atomic E-state index is -0.103. The van der Waals surface area contributed by atoms with Gasteiger partial charge in [0.2, 0.25) is 0 Å². The number of anilines is 2. The molecule has 0 spiro atoms. The van der Waals surface area contributed by atoms with Gasteiger partial charge < -0.3 is 15.4 Å². The number of amides is 1. The molecule has 1 amide bonds. The van der Waals surface area contributed by atoms with E-state index in [2.05, 4.69) is 29.5 Å². The minimum absolute atomic E-state index is 0.103. The second kappa shape index (κ2) is 10.0. The van der Waals surface area contributed by atoms with Crippen LogP contribution >= 0.6 is 11.3 Å². The Kier molecular flexibility index (Phi) is 7.73. The van der Waals surface area contributed by atoms with Crippen molar-refractivity contribution < 1.29 is 9.53 Å². The van der Waals surface area contributed by atoms with Crippen LogP contribution in [0.2, 0.25) is 0 Å². The van der Waals surface area contributed by atoms with Crippen molar-refractivity contribution in [3.05, 3.63) is 35.3 Å². The van der Waals surface area contributed by atoms with Gasteiger partial charge in [-0.2, -0.15) is 0 Å². The van der Waals surface area contributed by atoms with E-state index >= 15 is 0 Å². The van der Waals surface area contributed by atoms with Crippen molar-refractivity contribution >= 4 is 28.1 Å². The van der Waals surface area contributed by atoms with Crippen LogP contribution in [0.1, 0.15) is 50.0 Å². The Morgan fingerprint density at radius 1 is 1.28 bits per heavy atom. The predicted molar refractivity (Wildman–Crippen MR) is 104 cm³/mol. The lowest BCUT2D eigenvalue weighted by Crippen LogP contribution is -2.29. The molecule has 0 saturated carbocycles. The number of aromatic nitrogens is 1. The van der Waals surface area contributed by atoms with Gasteiger partial charge in [0.05, 0.1) is 7.11 Å². The van der Waals surface area contributed by atoms with Crippen LogP contribution in [0.25, 0.3) is 0 Å². The van der Waals surface area contributed by atoms with Crippen LogP contribution < -0.4 is 15.4 Å². The summed E-state index contributed by atoms with van der Waals surface area (Å²) in [5.41, 5.74) is 1.37. The summed E-state index contributed by atoms with van der Waals surface area (Å²) in [5.74, 6) is 1.24. The third kappa shape index (κ3) is 6.05. The van der Waals surface area contributed by atoms with Gasteiger partial charge in [0.15, 0.2) is 5.13 Å². The zero-order chi connectivity index (χ0) is 18.1. The van der Waals surface area contributed by atoms with E-state index in [9.17, 15) is 4.79 Å². The van der Waals surface area contributed by atoms with Crippen LogP contribution in [-0.2, 0) is 0 Å². The molecule has 0 aliphatic rings. The number of rotatable bonds is 10. The van der Waals surface area contributed by atoms with Crippen LogP contribution in [0.3, 0.4) is 0 Å². The van der Waals surface area contributed by atoms with Gasteiger partial charge in [0.1, 0.15) is 11.4 Å². The molecule has 2 aromatic rings. The molecule has 2 rings (SSSR count). The van der Waals surface area contributed by atoms with Gasteiger partial charge in [-0.15, -0.1) is 11.3 Å². The summed E-state index contributed by atoms with van der Waals surface area (Å²) in [4.78, 5) is 16.7. The van der Waals surface area contributed by atoms with Gasteiger partial charge in [-0.25, -0.2) is 4.98 Å². The maximum atomic E-state index is 12.3. The summed E-state index contributed by atoms with van der Waals surface area (Å²) < 4.78 is 5.14. The molecule has 0 fully saturated rings. The average Bonchev–Trinajstić information content (AvgIpc) is 3.11. The van der Waals surface area contributed by atoms with Crippen LogP contribution in [0.15, 0.2) is 29.6 Å². The molecule has 2 N–H and O–H groups in total. The van der Waals surface area contributed by atoms with Crippen molar-refractivity contribution in [2.75, 3.05) is 19.0 Å². The summed E-state index contributed by atoms with van der Waals surface area (Å²) in [7, 11) is 1.64. The molecule has 25 heavy (non-hydrogen) atoms. The highest BCUT2D eigenvalue weighted by molar-refractivity contribution is 7.14. The maximum absolute atomic E-state index is 12.3. The molecule has 0 aliphatic heterocycles. The molecule has 0 aliphatic carbocycles. The number of hydrogen-bond acceptors (Lipinski definition) is 5. The smallest absolute Gasteiger partial charge is 0.270 e. The highest BCUT2D eigenvalue weighted by Crippen LogP contribution is 2.23. The Bertz CT molecular complexity index is 655. The number of nitrogens with one attached hydrogen (secondary N) is 2. The number of ether oxygens (including phenoxy) is 1. The Labute approximate surface area is 153 Å². The van der Waals surface area contributed by atoms with Gasteiger partial charge >= 0.3 is 0 Å². The molecule has 1 atom stereocenters. The Hall–Kier alpha value is -2.08. The van der Waals surface area contributed by atoms with Crippen molar-refractivity contribution in [3.63, 3.8) is 0 Å². The fourth-order valence-electron chi connectivity index (χ4n) is 2.50. The fraction of sp³-hybridized carbons (Fsp3) is 0.474. The number of thiazole rings is 1. The van der Waals surface area contributed by atoms with Gasteiger partial charge in [-0.3, -0.25) is 4.79 Å². The number of carbonyl (C=O) groups excluding carboxylic acids is 1. The third-order valence-electron chi connectivity index (χ3n) is 4.17. The normalized spacial score (nSPS) is 11.8. The average molecular weight is 362 g/mol. The van der Waals surface area contributed by atoms with Gasteiger partial charge in [0, 0.05) is 17.6 Å². The zero-order valence-corrected chi connectivity index (χ0v) is 16.0. The minimum Gasteiger partial charge on any atom is -0.497 e. The first-order chi connectivity index (χ1) is 12.2. The molecule has 6 heteroatoms. The van der Waals surface area contributed by atoms with E-state index in [0.29, 0.717) is 23.3 Å². The summed E-state index contributed by atoms with van der Waals surface area (Å²) in [6, 6.07) is 7.59. The number of methoxy groups -OCH3 is 1. The number of carbonyl (C=O) groups is 1. The molecule has 5 nitrogen and oxygen atoms in total. The van der Waals surface area contributed by atoms with Gasteiger partial charge in [-0.1, -0.05) is 33.1 Å². The quantitative estimate of drug-likeness (QED) is 0.635. The van der Waals surface area contributed by atoms with E-state index in [4.69, 9.17) is 4.74 Å². The van der Waals surface area contributed by atoms with Crippen LogP contribution in [0.5, 0.6) is 5.75 Å². The van der Waals surface area contributed by atoms with Crippen LogP contribution in [0.4, 0.5) is 10.8 Å². The SMILES string of the molecule is CCCC[C@H](CC)CNC(=O)c1csc(Nc2ccc(OC)cc2)n1. The summed E-state index contributed by atoms with van der Waals surface area (Å²) in [6.45, 7) is 5.08. The van der Waals surface area contributed by atoms with Gasteiger partial charge in [-0.05, 0) is 36.6 Å². The number of unbranched alkanes of at least 4 members (excludes halogenated alkanes) is 1. The topological polar surface area (TPSA) is 63.2 Å². The molecule has 1 aromatic carbocycles. The Morgan fingerprint density at radius 3 is 2.68 bits per heavy atom. The highest BCUT2D eigenvalue weighted by atomic mass is 32.1. The molecule has 1 aromatic heterocycles. The van der Waals surface area contributed by atoms with E-state index in [1.54, 1.807) is 12.5 Å². The molecule has 1 heterocycles. The van der Waals surface area contributed by atoms with Crippen LogP contribution in [0, 0.1) is 5.92 Å². The lowest BCUT2D eigenvalue weighted by Gasteiger charge is -2.14. The van der Waals surface area contributed by atoms with Crippen molar-refractivity contribution in [2.45, 2.75) is 39.5 Å². The number of nitrogens with zero attached hydrogens (tertiary/aromatic N) is 1. The van der Waals surface area contributed by atoms with Crippen molar-refractivity contribution in [2.24, 2.45) is 5.92 Å². The molecule has 0 bridgehead atoms. The summed E-state index contributed by atoms with van der Waals surface area (Å²) >= 11 is 1.42. The molecule has 0 saturated heterocycles. The second-order valence-electron chi connectivity index (χ2n) is 6.02. The molecule has 0 unspecified atom stereocenters. The molecule has 0 radical (unpaired) electrons. The molecular formula is C19H27N3O2S. The lowest BCUT2D eigenvalue weighted by molar-refractivity contribution is 0.0941. The Morgan fingerprint density at radius 2 is 2.04 bits per heavy atom. The zero-order valence-electron chi connectivity index (χ0n) is 15.2. The van der Waals surface area contributed by atoms with Crippen molar-refractivity contribution in [1.82, 2.24) is 10.3 Å². The van der Waals surface area contributed by atoms with E-state index in [-0.39, 0.29) is 5.91 Å². The summed E-state index contributed by atoms with van der Waals surface area (Å²) in [6.07, 6.45) is 4.65. The molecule has 136 valence electrons. The van der Waals surface area contributed by atoms with E-state index in [1.165, 1.54) is 24.2 Å². The largest absolute Gasteiger partial charge is 0.497 e. The number of benzene rings is 1. The van der Waals surface area contributed by atoms with Crippen molar-refractivity contribution in [3.8, 4) is 5.75 Å². The summed E-state index contributed by atoms with van der Waals surface area (Å²) in [5, 5.41) is 8.71. The Balaban J connectivity index is 1.87. The highest BCUT2D eigenvalue weighted by Gasteiger charge is 2.13. The van der Waals surface area contributed by atoms with Crippen LogP contribution in [-0.4, -0.2) is 24.5 Å². The van der Waals surface area contributed by atoms with E-state index in [1.807, 2.05) is 24.3 Å². The lowest BCUT2D eigenvalue weighted by atomic mass is 9.99. The first kappa shape index (κ1) is 19.2. The molecular weight excluding hydrogens is 334 g/mol. The van der Waals surface area contributed by atoms with E-state index in [0.717, 1.165) is 24.3 Å². The monoisotopic (exact) mass is 361 g/mol. The van der Waals surface area contributed by atoms with Crippen molar-refractivity contribution in [1.29, 1.82) is 0 Å². The van der Waals surface area contributed by atoms with E-state index < -0.39 is 0 Å². The third-order valence-corrected chi connectivity index (χ3v) is 4.93. The first-order valence-corrected chi connectivity index (χ1v) is 9.69. The standard InChI is InChI=1S/C19H27N3O2S/c1-4-6-7-14(5-2)12-20-18(23)17-13-25-19(22-17)21-15-8-10-16(24-3)11-9-15/h8-11,13-14H,4-7,12H2,1-3H3,(H,20,23)(H,21,22)/t14-/m0/s1. The first-order valence-electron chi connectivity index (χ1n) is 8.81. The fourth-order valence-corrected chi connectivity index (χ4v) is 3.22. The second-order valence-corrected chi connectivity index (χ2v) is 6.88. The predicted octanol–water partition coefficient (Wildman–Crippen LogP) is 4.84. The van der Waals surface area contributed by atoms with Gasteiger partial charge in [0.25, 0.3) is 5.91 Å². The number of hydrogen-bond donors (Lipinski definition) is 2. The maximum Gasteiger partial charge on any atom is 0.270 e.